The van der Waals surface area contributed by atoms with Crippen molar-refractivity contribution >= 4 is 29.2 Å². The molecule has 0 bridgehead atoms. The van der Waals surface area contributed by atoms with Crippen molar-refractivity contribution in [2.45, 2.75) is 19.9 Å². The fourth-order valence-electron chi connectivity index (χ4n) is 2.58. The number of benzene rings is 1. The molecule has 5 nitrogen and oxygen atoms in total. The molecule has 2 unspecified atom stereocenters. The molecule has 1 saturated heterocycles. The Morgan fingerprint density at radius 2 is 2.00 bits per heavy atom. The van der Waals surface area contributed by atoms with E-state index in [2.05, 4.69) is 11.9 Å². The molecule has 1 N–H and O–H groups in total. The number of hydrogen-bond donors (Lipinski definition) is 1. The first-order chi connectivity index (χ1) is 10.5. The van der Waals surface area contributed by atoms with E-state index in [4.69, 9.17) is 17.0 Å². The number of ether oxygens (including phenoxy) is 1. The number of carbonyl (C=O) groups is 2. The van der Waals surface area contributed by atoms with Crippen molar-refractivity contribution < 1.29 is 14.3 Å². The maximum absolute atomic E-state index is 12.4. The molecule has 0 aliphatic carbocycles. The molecule has 6 heteroatoms. The normalized spacial score (nSPS) is 21.3. The highest BCUT2D eigenvalue weighted by atomic mass is 32.1. The first kappa shape index (κ1) is 16.2. The third-order valence-electron chi connectivity index (χ3n) is 3.48. The van der Waals surface area contributed by atoms with E-state index in [9.17, 15) is 9.59 Å². The third kappa shape index (κ3) is 3.01. The summed E-state index contributed by atoms with van der Waals surface area (Å²) in [6.07, 6.45) is 0. The number of thiocarbonyl (C=S) groups is 1. The summed E-state index contributed by atoms with van der Waals surface area (Å²) in [7, 11) is 0. The van der Waals surface area contributed by atoms with Gasteiger partial charge in [-0.2, -0.15) is 0 Å². The summed E-state index contributed by atoms with van der Waals surface area (Å²) in [5.41, 5.74) is 1.25. The molecule has 0 spiro atoms. The number of hydrogen-bond acceptors (Lipinski definition) is 4. The smallest absolute Gasteiger partial charge is 0.317 e. The maximum atomic E-state index is 12.4. The molecular weight excluding hydrogens is 300 g/mol. The van der Waals surface area contributed by atoms with Gasteiger partial charge >= 0.3 is 5.97 Å². The molecule has 1 amide bonds. The quantitative estimate of drug-likeness (QED) is 0.683. The van der Waals surface area contributed by atoms with Gasteiger partial charge in [0.25, 0.3) is 0 Å². The minimum absolute atomic E-state index is 0.242. The average Bonchev–Trinajstić information content (AvgIpc) is 2.47. The van der Waals surface area contributed by atoms with Crippen LogP contribution in [-0.4, -0.2) is 28.5 Å². The van der Waals surface area contributed by atoms with Crippen molar-refractivity contribution in [3.8, 4) is 0 Å². The maximum Gasteiger partial charge on any atom is 0.317 e. The number of nitrogens with one attached hydrogen (secondary N) is 1. The van der Waals surface area contributed by atoms with Crippen molar-refractivity contribution in [1.82, 2.24) is 10.2 Å². The minimum atomic E-state index is -0.710. The van der Waals surface area contributed by atoms with Crippen LogP contribution in [0.2, 0.25) is 0 Å². The summed E-state index contributed by atoms with van der Waals surface area (Å²) in [4.78, 5) is 25.8. The van der Waals surface area contributed by atoms with Crippen molar-refractivity contribution in [2.75, 3.05) is 6.61 Å². The summed E-state index contributed by atoms with van der Waals surface area (Å²) >= 11 is 5.24. The number of amides is 1. The Balaban J connectivity index is 2.52. The molecule has 1 heterocycles. The lowest BCUT2D eigenvalue weighted by Gasteiger charge is -2.41. The molecule has 1 aliphatic heterocycles. The van der Waals surface area contributed by atoms with Crippen LogP contribution < -0.4 is 5.32 Å². The van der Waals surface area contributed by atoms with Crippen LogP contribution in [0.25, 0.3) is 0 Å². The van der Waals surface area contributed by atoms with Crippen LogP contribution in [-0.2, 0) is 14.3 Å². The zero-order valence-corrected chi connectivity index (χ0v) is 13.4. The Hall–Kier alpha value is -2.21. The molecule has 116 valence electrons. The fourth-order valence-corrected chi connectivity index (χ4v) is 2.95. The minimum Gasteiger partial charge on any atom is -0.465 e. The van der Waals surface area contributed by atoms with Gasteiger partial charge < -0.3 is 10.1 Å². The Labute approximate surface area is 134 Å². The highest BCUT2D eigenvalue weighted by molar-refractivity contribution is 7.80. The van der Waals surface area contributed by atoms with Gasteiger partial charge in [-0.15, -0.1) is 0 Å². The average molecular weight is 318 g/mol. The molecule has 1 fully saturated rings. The van der Waals surface area contributed by atoms with E-state index in [1.807, 2.05) is 30.3 Å². The van der Waals surface area contributed by atoms with Gasteiger partial charge in [-0.05, 0) is 24.7 Å². The van der Waals surface area contributed by atoms with Gasteiger partial charge in [-0.1, -0.05) is 36.9 Å². The third-order valence-corrected chi connectivity index (χ3v) is 3.78. The molecule has 0 aromatic heterocycles. The van der Waals surface area contributed by atoms with Crippen molar-refractivity contribution in [2.24, 2.45) is 5.92 Å². The molecule has 2 rings (SSSR count). The zero-order chi connectivity index (χ0) is 16.3. The number of carbonyl (C=O) groups excluding carboxylic acids is 2. The first-order valence-corrected chi connectivity index (χ1v) is 7.39. The SMILES string of the molecule is C=C1NC(=S)N(C(C)=O)C(c2ccccc2)C1C(=O)OCC. The van der Waals surface area contributed by atoms with Crippen LogP contribution in [0.1, 0.15) is 25.5 Å². The molecule has 1 aromatic rings. The van der Waals surface area contributed by atoms with Gasteiger partial charge in [-0.3, -0.25) is 14.5 Å². The van der Waals surface area contributed by atoms with E-state index in [0.29, 0.717) is 5.70 Å². The standard InChI is InChI=1S/C16H18N2O3S/c1-4-21-15(20)13-10(2)17-16(22)18(11(3)19)14(13)12-8-6-5-7-9-12/h5-9,13-14H,2,4H2,1,3H3,(H,17,22). The van der Waals surface area contributed by atoms with Crippen molar-refractivity contribution in [1.29, 1.82) is 0 Å². The Morgan fingerprint density at radius 3 is 2.55 bits per heavy atom. The second-order valence-electron chi connectivity index (χ2n) is 4.93. The Bertz CT molecular complexity index is 615. The van der Waals surface area contributed by atoms with Crippen LogP contribution in [0.3, 0.4) is 0 Å². The molecular formula is C16H18N2O3S. The van der Waals surface area contributed by atoms with Gasteiger partial charge in [0.1, 0.15) is 5.92 Å². The largest absolute Gasteiger partial charge is 0.465 e. The molecule has 0 saturated carbocycles. The first-order valence-electron chi connectivity index (χ1n) is 6.98. The van der Waals surface area contributed by atoms with E-state index >= 15 is 0 Å². The fraction of sp³-hybridized carbons (Fsp3) is 0.312. The summed E-state index contributed by atoms with van der Waals surface area (Å²) in [6.45, 7) is 7.29. The lowest BCUT2D eigenvalue weighted by Crippen LogP contribution is -2.55. The second-order valence-corrected chi connectivity index (χ2v) is 5.32. The van der Waals surface area contributed by atoms with Crippen molar-refractivity contribution in [3.05, 3.63) is 48.2 Å². The number of rotatable bonds is 3. The van der Waals surface area contributed by atoms with Crippen LogP contribution in [0, 0.1) is 5.92 Å². The van der Waals surface area contributed by atoms with E-state index in [1.54, 1.807) is 6.92 Å². The van der Waals surface area contributed by atoms with Crippen LogP contribution in [0.5, 0.6) is 0 Å². The van der Waals surface area contributed by atoms with Crippen LogP contribution in [0.15, 0.2) is 42.6 Å². The van der Waals surface area contributed by atoms with Crippen molar-refractivity contribution in [3.63, 3.8) is 0 Å². The highest BCUT2D eigenvalue weighted by Crippen LogP contribution is 2.36. The summed E-state index contributed by atoms with van der Waals surface area (Å²) in [6, 6.07) is 8.73. The van der Waals surface area contributed by atoms with Gasteiger partial charge in [0.05, 0.1) is 12.6 Å². The molecule has 1 aliphatic rings. The molecule has 22 heavy (non-hydrogen) atoms. The zero-order valence-electron chi connectivity index (χ0n) is 12.5. The van der Waals surface area contributed by atoms with E-state index in [1.165, 1.54) is 11.8 Å². The Morgan fingerprint density at radius 1 is 1.36 bits per heavy atom. The summed E-state index contributed by atoms with van der Waals surface area (Å²) < 4.78 is 5.15. The van der Waals surface area contributed by atoms with Crippen LogP contribution in [0.4, 0.5) is 0 Å². The summed E-state index contributed by atoms with van der Waals surface area (Å²) in [5.74, 6) is -1.38. The molecule has 2 atom stereocenters. The van der Waals surface area contributed by atoms with Crippen LogP contribution >= 0.6 is 12.2 Å². The van der Waals surface area contributed by atoms with Gasteiger partial charge in [-0.25, -0.2) is 0 Å². The van der Waals surface area contributed by atoms with E-state index in [0.717, 1.165) is 5.56 Å². The lowest BCUT2D eigenvalue weighted by atomic mass is 9.87. The highest BCUT2D eigenvalue weighted by Gasteiger charge is 2.44. The molecule has 0 radical (unpaired) electrons. The number of nitrogens with zero attached hydrogens (tertiary/aromatic N) is 1. The Kier molecular flexibility index (Phi) is 4.92. The predicted molar refractivity (Wildman–Crippen MR) is 86.7 cm³/mol. The van der Waals surface area contributed by atoms with Gasteiger partial charge in [0, 0.05) is 12.6 Å². The van der Waals surface area contributed by atoms with Gasteiger partial charge in [0.15, 0.2) is 5.11 Å². The molecule has 1 aromatic carbocycles. The second kappa shape index (κ2) is 6.70. The van der Waals surface area contributed by atoms with Gasteiger partial charge in [0.2, 0.25) is 5.91 Å². The predicted octanol–water partition coefficient (Wildman–Crippen LogP) is 2.16. The topological polar surface area (TPSA) is 58.6 Å². The summed E-state index contributed by atoms with van der Waals surface area (Å²) in [5, 5.41) is 3.08. The lowest BCUT2D eigenvalue weighted by molar-refractivity contribution is -0.149. The van der Waals surface area contributed by atoms with E-state index in [-0.39, 0.29) is 17.6 Å². The van der Waals surface area contributed by atoms with E-state index < -0.39 is 17.9 Å². The number of esters is 1. The monoisotopic (exact) mass is 318 g/mol.